The number of fused-ring (bicyclic) bond motifs is 1. The largest absolute Gasteiger partial charge is 0.376 e. The van der Waals surface area contributed by atoms with Gasteiger partial charge in [0.05, 0.1) is 11.0 Å². The summed E-state index contributed by atoms with van der Waals surface area (Å²) in [6.07, 6.45) is 2.31. The van der Waals surface area contributed by atoms with Crippen LogP contribution in [0.15, 0.2) is 115 Å². The third-order valence-corrected chi connectivity index (χ3v) is 6.53. The Morgan fingerprint density at radius 3 is 1.53 bits per heavy atom. The van der Waals surface area contributed by atoms with E-state index in [1.807, 2.05) is 0 Å². The summed E-state index contributed by atoms with van der Waals surface area (Å²) in [6, 6.07) is 39.6. The molecule has 0 unspecified atom stereocenters. The normalized spacial score (nSPS) is 14.8. The van der Waals surface area contributed by atoms with Crippen molar-refractivity contribution in [1.82, 2.24) is 0 Å². The van der Waals surface area contributed by atoms with Gasteiger partial charge in [-0.1, -0.05) is 109 Å². The average molecular weight is 416 g/mol. The summed E-state index contributed by atoms with van der Waals surface area (Å²) in [5.74, 6) is 0. The van der Waals surface area contributed by atoms with Gasteiger partial charge in [0, 0.05) is 11.3 Å². The van der Waals surface area contributed by atoms with Crippen molar-refractivity contribution in [3.05, 3.63) is 143 Å². The maximum absolute atomic E-state index is 3.76. The van der Waals surface area contributed by atoms with Crippen LogP contribution < -0.4 is 5.32 Å². The van der Waals surface area contributed by atoms with Gasteiger partial charge in [0.15, 0.2) is 0 Å². The van der Waals surface area contributed by atoms with Crippen LogP contribution in [0.5, 0.6) is 0 Å². The van der Waals surface area contributed by atoms with Crippen molar-refractivity contribution in [1.29, 1.82) is 0 Å². The summed E-state index contributed by atoms with van der Waals surface area (Å²) >= 11 is 0. The first kappa shape index (κ1) is 20.3. The van der Waals surface area contributed by atoms with Crippen LogP contribution in [-0.2, 0) is 5.41 Å². The molecule has 0 aromatic heterocycles. The molecule has 0 saturated carbocycles. The van der Waals surface area contributed by atoms with Crippen LogP contribution in [0.3, 0.4) is 0 Å². The first-order chi connectivity index (χ1) is 15.5. The van der Waals surface area contributed by atoms with Gasteiger partial charge < -0.3 is 5.32 Å². The molecule has 1 heterocycles. The zero-order valence-corrected chi connectivity index (χ0v) is 19.0. The minimum atomic E-state index is -0.417. The highest BCUT2D eigenvalue weighted by Crippen LogP contribution is 2.47. The van der Waals surface area contributed by atoms with E-state index in [-0.39, 0.29) is 5.54 Å². The molecule has 0 fully saturated rings. The lowest BCUT2D eigenvalue weighted by atomic mass is 9.65. The topological polar surface area (TPSA) is 12.0 Å². The van der Waals surface area contributed by atoms with E-state index < -0.39 is 5.41 Å². The monoisotopic (exact) mass is 415 g/mol. The first-order valence-electron chi connectivity index (χ1n) is 11.3. The van der Waals surface area contributed by atoms with E-state index in [0.717, 1.165) is 0 Å². The Hall–Kier alpha value is -3.58. The minimum absolute atomic E-state index is 0.0788. The molecule has 1 nitrogen and oxygen atoms in total. The SMILES string of the molecule is CC1=CC(C)(C)Nc2cc(C(c3ccccc3)(c3ccccc3)c3ccccc3)ccc21. The van der Waals surface area contributed by atoms with Crippen molar-refractivity contribution in [2.24, 2.45) is 0 Å². The molecule has 1 N–H and O–H groups in total. The van der Waals surface area contributed by atoms with Crippen LogP contribution in [0.4, 0.5) is 5.69 Å². The highest BCUT2D eigenvalue weighted by atomic mass is 15.0. The Bertz CT molecular complexity index is 1160. The van der Waals surface area contributed by atoms with E-state index in [1.165, 1.54) is 39.1 Å². The Balaban J connectivity index is 1.85. The molecule has 158 valence electrons. The maximum Gasteiger partial charge on any atom is 0.0702 e. The van der Waals surface area contributed by atoms with E-state index in [4.69, 9.17) is 0 Å². The number of anilines is 1. The molecule has 1 aliphatic heterocycles. The number of hydrogen-bond acceptors (Lipinski definition) is 1. The van der Waals surface area contributed by atoms with Crippen molar-refractivity contribution >= 4 is 11.3 Å². The zero-order chi connectivity index (χ0) is 22.2. The molecule has 1 heteroatoms. The lowest BCUT2D eigenvalue weighted by Crippen LogP contribution is -2.33. The second-order valence-electron chi connectivity index (χ2n) is 9.28. The van der Waals surface area contributed by atoms with Gasteiger partial charge in [-0.3, -0.25) is 0 Å². The second-order valence-corrected chi connectivity index (χ2v) is 9.28. The summed E-state index contributed by atoms with van der Waals surface area (Å²) in [5, 5.41) is 3.76. The molecule has 1 aliphatic rings. The Morgan fingerprint density at radius 1 is 0.594 bits per heavy atom. The molecule has 0 spiro atoms. The fourth-order valence-corrected chi connectivity index (χ4v) is 5.29. The molecular weight excluding hydrogens is 386 g/mol. The van der Waals surface area contributed by atoms with Gasteiger partial charge in [-0.25, -0.2) is 0 Å². The molecule has 4 aromatic carbocycles. The van der Waals surface area contributed by atoms with Crippen LogP contribution in [-0.4, -0.2) is 5.54 Å². The summed E-state index contributed by atoms with van der Waals surface area (Å²) < 4.78 is 0. The van der Waals surface area contributed by atoms with Crippen molar-refractivity contribution in [3.8, 4) is 0 Å². The fourth-order valence-electron chi connectivity index (χ4n) is 5.29. The molecule has 0 aliphatic carbocycles. The zero-order valence-electron chi connectivity index (χ0n) is 19.0. The number of nitrogens with one attached hydrogen (secondary N) is 1. The third kappa shape index (κ3) is 3.35. The number of benzene rings is 4. The summed E-state index contributed by atoms with van der Waals surface area (Å²) in [5.41, 5.74) is 8.34. The molecule has 0 bridgehead atoms. The molecule has 4 aromatic rings. The quantitative estimate of drug-likeness (QED) is 0.337. The first-order valence-corrected chi connectivity index (χ1v) is 11.3. The predicted octanol–water partition coefficient (Wildman–Crippen LogP) is 7.68. The van der Waals surface area contributed by atoms with Crippen LogP contribution in [0.25, 0.3) is 5.57 Å². The van der Waals surface area contributed by atoms with Crippen molar-refractivity contribution in [2.45, 2.75) is 31.7 Å². The van der Waals surface area contributed by atoms with Gasteiger partial charge in [0.2, 0.25) is 0 Å². The van der Waals surface area contributed by atoms with Gasteiger partial charge >= 0.3 is 0 Å². The third-order valence-electron chi connectivity index (χ3n) is 6.53. The lowest BCUT2D eigenvalue weighted by Gasteiger charge is -2.38. The molecule has 0 amide bonds. The number of rotatable bonds is 4. The van der Waals surface area contributed by atoms with Crippen LogP contribution in [0, 0.1) is 0 Å². The van der Waals surface area contributed by atoms with E-state index in [0.29, 0.717) is 0 Å². The van der Waals surface area contributed by atoms with Crippen molar-refractivity contribution < 1.29 is 0 Å². The van der Waals surface area contributed by atoms with E-state index in [2.05, 4.69) is 141 Å². The Kier molecular flexibility index (Phi) is 4.98. The molecule has 0 saturated heterocycles. The number of allylic oxidation sites excluding steroid dienone is 1. The average Bonchev–Trinajstić information content (AvgIpc) is 2.81. The summed E-state index contributed by atoms with van der Waals surface area (Å²) in [4.78, 5) is 0. The van der Waals surface area contributed by atoms with Gasteiger partial charge in [-0.2, -0.15) is 0 Å². The molecule has 0 radical (unpaired) electrons. The predicted molar refractivity (Wildman–Crippen MR) is 136 cm³/mol. The summed E-state index contributed by atoms with van der Waals surface area (Å²) in [6.45, 7) is 6.66. The highest BCUT2D eigenvalue weighted by molar-refractivity contribution is 5.81. The van der Waals surface area contributed by atoms with Crippen molar-refractivity contribution in [3.63, 3.8) is 0 Å². The van der Waals surface area contributed by atoms with Crippen LogP contribution in [0.1, 0.15) is 48.6 Å². The Labute approximate surface area is 191 Å². The molecule has 5 rings (SSSR count). The fraction of sp³-hybridized carbons (Fsp3) is 0.161. The van der Waals surface area contributed by atoms with Gasteiger partial charge in [-0.15, -0.1) is 0 Å². The van der Waals surface area contributed by atoms with Crippen LogP contribution >= 0.6 is 0 Å². The van der Waals surface area contributed by atoms with E-state index in [9.17, 15) is 0 Å². The second kappa shape index (κ2) is 7.84. The van der Waals surface area contributed by atoms with E-state index in [1.54, 1.807) is 0 Å². The van der Waals surface area contributed by atoms with E-state index >= 15 is 0 Å². The maximum atomic E-state index is 3.76. The smallest absolute Gasteiger partial charge is 0.0702 e. The standard InChI is InChI=1S/C31H29N/c1-23-22-30(2,3)32-29-21-27(19-20-28(23)29)31(24-13-7-4-8-14-24,25-15-9-5-10-16-25)26-17-11-6-12-18-26/h4-22,32H,1-3H3. The van der Waals surface area contributed by atoms with Gasteiger partial charge in [-0.05, 0) is 54.7 Å². The number of hydrogen-bond donors (Lipinski definition) is 1. The highest BCUT2D eigenvalue weighted by Gasteiger charge is 2.39. The Morgan fingerprint density at radius 2 is 1.06 bits per heavy atom. The summed E-state index contributed by atoms with van der Waals surface area (Å²) in [7, 11) is 0. The molecule has 32 heavy (non-hydrogen) atoms. The lowest BCUT2D eigenvalue weighted by molar-refractivity contribution is 0.704. The molecular formula is C31H29N. The molecule has 0 atom stereocenters. The van der Waals surface area contributed by atoms with Gasteiger partial charge in [0.1, 0.15) is 0 Å². The van der Waals surface area contributed by atoms with Gasteiger partial charge in [0.25, 0.3) is 0 Å². The van der Waals surface area contributed by atoms with Crippen LogP contribution in [0.2, 0.25) is 0 Å². The van der Waals surface area contributed by atoms with Crippen molar-refractivity contribution in [2.75, 3.05) is 5.32 Å². The minimum Gasteiger partial charge on any atom is -0.376 e.